The van der Waals surface area contributed by atoms with Crippen molar-refractivity contribution in [2.45, 2.75) is 82.4 Å². The Labute approximate surface area is 232 Å². The number of carbonyl (C=O) groups excluding carboxylic acids is 2. The normalized spacial score (nSPS) is 36.3. The van der Waals surface area contributed by atoms with E-state index in [1.807, 2.05) is 0 Å². The summed E-state index contributed by atoms with van der Waals surface area (Å²) in [4.78, 5) is 29.3. The van der Waals surface area contributed by atoms with Crippen LogP contribution in [-0.2, 0) is 28.5 Å². The van der Waals surface area contributed by atoms with E-state index in [9.17, 15) is 9.59 Å². The number of likely N-dealkylation sites (tertiary alicyclic amines) is 1. The van der Waals surface area contributed by atoms with Crippen LogP contribution in [0, 0.1) is 11.8 Å². The van der Waals surface area contributed by atoms with Crippen LogP contribution in [0.1, 0.15) is 52.9 Å². The lowest BCUT2D eigenvalue weighted by Gasteiger charge is -2.44. The van der Waals surface area contributed by atoms with Gasteiger partial charge in [-0.2, -0.15) is 0 Å². The SMILES string of the molecule is CO[C@H]1C([C@@]2(C)O[C@@H]2CC=C(C)C)[C@]2(CC[C@H]1OC(=O)N1CC(CCC(=O)NCCN3CCOCC3)C1)CO2. The predicted octanol–water partition coefficient (Wildman–Crippen LogP) is 2.36. The Morgan fingerprint density at radius 3 is 2.59 bits per heavy atom. The van der Waals surface area contributed by atoms with E-state index in [1.54, 1.807) is 12.0 Å². The highest BCUT2D eigenvalue weighted by atomic mass is 16.6. The molecule has 0 bridgehead atoms. The van der Waals surface area contributed by atoms with Gasteiger partial charge in [0.1, 0.15) is 23.4 Å². The number of rotatable bonds is 11. The second-order valence-electron chi connectivity index (χ2n) is 12.4. The largest absolute Gasteiger partial charge is 0.443 e. The second kappa shape index (κ2) is 12.0. The number of allylic oxidation sites excluding steroid dienone is 1. The van der Waals surface area contributed by atoms with Crippen LogP contribution in [0.15, 0.2) is 11.6 Å². The summed E-state index contributed by atoms with van der Waals surface area (Å²) in [5.41, 5.74) is 0.697. The zero-order valence-electron chi connectivity index (χ0n) is 24.1. The van der Waals surface area contributed by atoms with Gasteiger partial charge in [0.2, 0.25) is 5.91 Å². The first kappa shape index (κ1) is 28.8. The lowest BCUT2D eigenvalue weighted by Crippen LogP contribution is -2.57. The van der Waals surface area contributed by atoms with Crippen molar-refractivity contribution >= 4 is 12.0 Å². The van der Waals surface area contributed by atoms with Gasteiger partial charge in [0.25, 0.3) is 0 Å². The highest BCUT2D eigenvalue weighted by Gasteiger charge is 2.72. The van der Waals surface area contributed by atoms with Crippen LogP contribution in [0.4, 0.5) is 4.79 Å². The fraction of sp³-hybridized carbons (Fsp3) is 0.862. The summed E-state index contributed by atoms with van der Waals surface area (Å²) in [5, 5.41) is 3.02. The Bertz CT molecular complexity index is 909. The molecule has 220 valence electrons. The van der Waals surface area contributed by atoms with Crippen LogP contribution < -0.4 is 5.32 Å². The zero-order valence-corrected chi connectivity index (χ0v) is 24.1. The van der Waals surface area contributed by atoms with Crippen molar-refractivity contribution < 1.29 is 33.3 Å². The molecule has 1 spiro atoms. The van der Waals surface area contributed by atoms with Gasteiger partial charge in [-0.3, -0.25) is 9.69 Å². The van der Waals surface area contributed by atoms with Gasteiger partial charge in [0.05, 0.1) is 31.8 Å². The van der Waals surface area contributed by atoms with Crippen molar-refractivity contribution in [1.82, 2.24) is 15.1 Å². The van der Waals surface area contributed by atoms with Gasteiger partial charge in [-0.15, -0.1) is 0 Å². The number of nitrogens with one attached hydrogen (secondary N) is 1. The number of hydrogen-bond acceptors (Lipinski definition) is 8. The molecule has 2 amide bonds. The summed E-state index contributed by atoms with van der Waals surface area (Å²) < 4.78 is 29.6. The van der Waals surface area contributed by atoms with Crippen LogP contribution >= 0.6 is 0 Å². The molecular formula is C29H47N3O7. The van der Waals surface area contributed by atoms with Gasteiger partial charge >= 0.3 is 6.09 Å². The van der Waals surface area contributed by atoms with E-state index in [0.717, 1.165) is 58.5 Å². The lowest BCUT2D eigenvalue weighted by molar-refractivity contribution is -0.125. The topological polar surface area (TPSA) is 105 Å². The number of morpholine rings is 1. The fourth-order valence-corrected chi connectivity index (χ4v) is 6.78. The van der Waals surface area contributed by atoms with E-state index >= 15 is 0 Å². The molecule has 5 rings (SSSR count). The smallest absolute Gasteiger partial charge is 0.410 e. The molecule has 4 aliphatic heterocycles. The molecular weight excluding hydrogens is 502 g/mol. The molecule has 39 heavy (non-hydrogen) atoms. The Morgan fingerprint density at radius 2 is 1.92 bits per heavy atom. The highest BCUT2D eigenvalue weighted by molar-refractivity contribution is 5.76. The minimum Gasteiger partial charge on any atom is -0.443 e. The summed E-state index contributed by atoms with van der Waals surface area (Å²) in [7, 11) is 1.70. The number of amides is 2. The molecule has 5 fully saturated rings. The molecule has 0 aromatic rings. The molecule has 1 saturated carbocycles. The van der Waals surface area contributed by atoms with E-state index in [0.29, 0.717) is 38.6 Å². The summed E-state index contributed by atoms with van der Waals surface area (Å²) in [6, 6.07) is 0. The Hall–Kier alpha value is -1.72. The van der Waals surface area contributed by atoms with E-state index in [2.05, 4.69) is 37.1 Å². The first-order chi connectivity index (χ1) is 18.7. The molecule has 4 heterocycles. The maximum absolute atomic E-state index is 13.0. The summed E-state index contributed by atoms with van der Waals surface area (Å²) in [6.45, 7) is 13.2. The predicted molar refractivity (Wildman–Crippen MR) is 144 cm³/mol. The van der Waals surface area contributed by atoms with Gasteiger partial charge < -0.3 is 33.9 Å². The minimum atomic E-state index is -0.348. The highest BCUT2D eigenvalue weighted by Crippen LogP contribution is 2.59. The lowest BCUT2D eigenvalue weighted by atomic mass is 9.68. The molecule has 6 atom stereocenters. The number of nitrogens with zero attached hydrogens (tertiary/aromatic N) is 2. The molecule has 1 unspecified atom stereocenters. The monoisotopic (exact) mass is 549 g/mol. The van der Waals surface area contributed by atoms with Crippen LogP contribution in [0.5, 0.6) is 0 Å². The van der Waals surface area contributed by atoms with Crippen LogP contribution in [0.25, 0.3) is 0 Å². The van der Waals surface area contributed by atoms with Crippen molar-refractivity contribution in [3.63, 3.8) is 0 Å². The second-order valence-corrected chi connectivity index (χ2v) is 12.4. The third-order valence-electron chi connectivity index (χ3n) is 9.34. The third-order valence-corrected chi connectivity index (χ3v) is 9.34. The molecule has 10 heteroatoms. The fourth-order valence-electron chi connectivity index (χ4n) is 6.78. The van der Waals surface area contributed by atoms with Crippen molar-refractivity contribution in [2.75, 3.05) is 66.2 Å². The minimum absolute atomic E-state index is 0.0167. The molecule has 10 nitrogen and oxygen atoms in total. The van der Waals surface area contributed by atoms with Crippen LogP contribution in [0.2, 0.25) is 0 Å². The van der Waals surface area contributed by atoms with Crippen molar-refractivity contribution in [3.8, 4) is 0 Å². The standard InChI is InChI=1S/C29H47N3O7/c1-20(2)5-7-23-28(3,39-23)26-25(35-4)22(9-10-29(26)19-37-29)38-27(34)32-17-21(18-32)6-8-24(33)30-11-12-31-13-15-36-16-14-31/h5,21-23,25-26H,6-19H2,1-4H3,(H,30,33)/t22-,23-,25-,26?,28+,29+/m1/s1. The van der Waals surface area contributed by atoms with Gasteiger partial charge in [0.15, 0.2) is 0 Å². The summed E-state index contributed by atoms with van der Waals surface area (Å²) >= 11 is 0. The quantitative estimate of drug-likeness (QED) is 0.309. The first-order valence-corrected chi connectivity index (χ1v) is 14.7. The molecule has 0 aromatic carbocycles. The number of carbonyl (C=O) groups is 2. The molecule has 0 radical (unpaired) electrons. The molecule has 5 aliphatic rings. The van der Waals surface area contributed by atoms with Crippen molar-refractivity contribution in [1.29, 1.82) is 0 Å². The zero-order chi connectivity index (χ0) is 27.6. The Balaban J connectivity index is 1.04. The number of ether oxygens (including phenoxy) is 5. The van der Waals surface area contributed by atoms with Crippen molar-refractivity contribution in [2.24, 2.45) is 11.8 Å². The van der Waals surface area contributed by atoms with Gasteiger partial charge in [-0.1, -0.05) is 11.6 Å². The summed E-state index contributed by atoms with van der Waals surface area (Å²) in [6.07, 6.45) is 5.14. The van der Waals surface area contributed by atoms with E-state index < -0.39 is 0 Å². The van der Waals surface area contributed by atoms with Gasteiger partial charge in [-0.05, 0) is 52.4 Å². The molecule has 1 N–H and O–H groups in total. The van der Waals surface area contributed by atoms with Gasteiger partial charge in [0, 0.05) is 52.8 Å². The third kappa shape index (κ3) is 6.62. The molecule has 4 saturated heterocycles. The maximum Gasteiger partial charge on any atom is 0.410 e. The van der Waals surface area contributed by atoms with Crippen LogP contribution in [-0.4, -0.2) is 118 Å². The molecule has 1 aliphatic carbocycles. The first-order valence-electron chi connectivity index (χ1n) is 14.7. The Kier molecular flexibility index (Phi) is 8.88. The number of hydrogen-bond donors (Lipinski definition) is 1. The average Bonchev–Trinajstić information content (AvgIpc) is 3.80. The number of methoxy groups -OCH3 is 1. The van der Waals surface area contributed by atoms with E-state index in [-0.39, 0.29) is 47.4 Å². The van der Waals surface area contributed by atoms with E-state index in [4.69, 9.17) is 23.7 Å². The van der Waals surface area contributed by atoms with Crippen molar-refractivity contribution in [3.05, 3.63) is 11.6 Å². The maximum atomic E-state index is 13.0. The average molecular weight is 550 g/mol. The number of epoxide rings is 2. The van der Waals surface area contributed by atoms with Crippen LogP contribution in [0.3, 0.4) is 0 Å². The van der Waals surface area contributed by atoms with E-state index in [1.165, 1.54) is 5.57 Å². The molecule has 0 aromatic heterocycles. The van der Waals surface area contributed by atoms with Gasteiger partial charge in [-0.25, -0.2) is 4.79 Å². The Morgan fingerprint density at radius 1 is 1.18 bits per heavy atom. The summed E-state index contributed by atoms with van der Waals surface area (Å²) in [5.74, 6) is 0.427.